The van der Waals surface area contributed by atoms with Gasteiger partial charge in [-0.3, -0.25) is 9.59 Å². The summed E-state index contributed by atoms with van der Waals surface area (Å²) in [5.41, 5.74) is 3.87. The summed E-state index contributed by atoms with van der Waals surface area (Å²) in [5.74, 6) is 0.447. The minimum absolute atomic E-state index is 0.0365. The maximum absolute atomic E-state index is 12.0. The number of para-hydroxylation sites is 2. The second-order valence-electron chi connectivity index (χ2n) is 6.31. The van der Waals surface area contributed by atoms with Crippen LogP contribution in [0.25, 0.3) is 0 Å². The molecule has 0 aliphatic carbocycles. The van der Waals surface area contributed by atoms with E-state index in [2.05, 4.69) is 10.6 Å². The van der Waals surface area contributed by atoms with Crippen LogP contribution in [0.15, 0.2) is 42.5 Å². The molecule has 26 heavy (non-hydrogen) atoms. The highest BCUT2D eigenvalue weighted by atomic mass is 16.5. The van der Waals surface area contributed by atoms with Crippen molar-refractivity contribution in [3.63, 3.8) is 0 Å². The third-order valence-electron chi connectivity index (χ3n) is 4.09. The predicted octanol–water partition coefficient (Wildman–Crippen LogP) is 3.53. The van der Waals surface area contributed by atoms with E-state index < -0.39 is 0 Å². The average Bonchev–Trinajstić information content (AvgIpc) is 2.61. The highest BCUT2D eigenvalue weighted by Gasteiger charge is 2.09. The van der Waals surface area contributed by atoms with Crippen molar-refractivity contribution in [2.45, 2.75) is 33.6 Å². The Morgan fingerprint density at radius 2 is 1.54 bits per heavy atom. The van der Waals surface area contributed by atoms with E-state index in [9.17, 15) is 9.59 Å². The van der Waals surface area contributed by atoms with Gasteiger partial charge in [-0.1, -0.05) is 36.4 Å². The van der Waals surface area contributed by atoms with Crippen molar-refractivity contribution in [2.24, 2.45) is 0 Å². The first-order chi connectivity index (χ1) is 12.5. The third-order valence-corrected chi connectivity index (χ3v) is 4.09. The summed E-state index contributed by atoms with van der Waals surface area (Å²) >= 11 is 0. The molecular formula is C21H26N2O3. The number of benzene rings is 2. The topological polar surface area (TPSA) is 67.4 Å². The van der Waals surface area contributed by atoms with Crippen molar-refractivity contribution < 1.29 is 14.3 Å². The molecule has 2 rings (SSSR count). The van der Waals surface area contributed by atoms with Crippen LogP contribution >= 0.6 is 0 Å². The molecule has 5 nitrogen and oxygen atoms in total. The van der Waals surface area contributed by atoms with Crippen molar-refractivity contribution in [3.8, 4) is 5.75 Å². The number of nitrogens with one attached hydrogen (secondary N) is 2. The van der Waals surface area contributed by atoms with Crippen LogP contribution in [0.5, 0.6) is 5.75 Å². The molecule has 2 amide bonds. The van der Waals surface area contributed by atoms with E-state index in [0.717, 1.165) is 28.1 Å². The highest BCUT2D eigenvalue weighted by molar-refractivity contribution is 5.95. The number of hydrogen-bond donors (Lipinski definition) is 2. The molecule has 0 saturated carbocycles. The first-order valence-electron chi connectivity index (χ1n) is 8.78. The van der Waals surface area contributed by atoms with Gasteiger partial charge in [0.1, 0.15) is 5.75 Å². The smallest absolute Gasteiger partial charge is 0.243 e. The molecule has 2 N–H and O–H groups in total. The Morgan fingerprint density at radius 1 is 0.885 bits per heavy atom. The van der Waals surface area contributed by atoms with E-state index >= 15 is 0 Å². The zero-order valence-electron chi connectivity index (χ0n) is 15.6. The fraction of sp³-hybridized carbons (Fsp3) is 0.333. The number of ether oxygens (including phenoxy) is 1. The van der Waals surface area contributed by atoms with Crippen molar-refractivity contribution in [3.05, 3.63) is 59.2 Å². The molecule has 5 heteroatoms. The van der Waals surface area contributed by atoms with Crippen molar-refractivity contribution >= 4 is 17.5 Å². The Hall–Kier alpha value is -2.82. The molecule has 0 bridgehead atoms. The van der Waals surface area contributed by atoms with Gasteiger partial charge in [-0.15, -0.1) is 0 Å². The predicted molar refractivity (Wildman–Crippen MR) is 103 cm³/mol. The van der Waals surface area contributed by atoms with Crippen LogP contribution in [0.1, 0.15) is 29.5 Å². The maximum Gasteiger partial charge on any atom is 0.243 e. The number of amides is 2. The minimum atomic E-state index is -0.230. The van der Waals surface area contributed by atoms with Gasteiger partial charge in [0.05, 0.1) is 13.2 Å². The van der Waals surface area contributed by atoms with E-state index in [1.165, 1.54) is 0 Å². The lowest BCUT2D eigenvalue weighted by molar-refractivity contribution is -0.124. The third kappa shape index (κ3) is 5.92. The summed E-state index contributed by atoms with van der Waals surface area (Å²) in [5, 5.41) is 5.50. The van der Waals surface area contributed by atoms with Crippen LogP contribution in [0.2, 0.25) is 0 Å². The van der Waals surface area contributed by atoms with Gasteiger partial charge in [-0.25, -0.2) is 0 Å². The molecule has 0 radical (unpaired) electrons. The molecule has 0 unspecified atom stereocenters. The molecule has 2 aromatic carbocycles. The maximum atomic E-state index is 12.0. The SMILES string of the molecule is Cc1ccccc1OCCCC(=O)NCC(=O)Nc1c(C)cccc1C. The van der Waals surface area contributed by atoms with E-state index in [1.807, 2.05) is 63.2 Å². The molecule has 138 valence electrons. The van der Waals surface area contributed by atoms with Gasteiger partial charge in [0.15, 0.2) is 0 Å². The van der Waals surface area contributed by atoms with Crippen LogP contribution in [0, 0.1) is 20.8 Å². The van der Waals surface area contributed by atoms with E-state index in [4.69, 9.17) is 4.74 Å². The zero-order valence-corrected chi connectivity index (χ0v) is 15.6. The molecule has 0 aliphatic heterocycles. The Bertz CT molecular complexity index is 751. The van der Waals surface area contributed by atoms with E-state index in [1.54, 1.807) is 0 Å². The molecule has 0 saturated heterocycles. The van der Waals surface area contributed by atoms with Crippen molar-refractivity contribution in [2.75, 3.05) is 18.5 Å². The lowest BCUT2D eigenvalue weighted by atomic mass is 10.1. The molecule has 0 aromatic heterocycles. The number of carbonyl (C=O) groups is 2. The number of carbonyl (C=O) groups excluding carboxylic acids is 2. The summed E-state index contributed by atoms with van der Waals surface area (Å²) in [6.07, 6.45) is 0.918. The summed E-state index contributed by atoms with van der Waals surface area (Å²) < 4.78 is 5.66. The number of rotatable bonds is 8. The number of aryl methyl sites for hydroxylation is 3. The van der Waals surface area contributed by atoms with E-state index in [0.29, 0.717) is 19.4 Å². The minimum Gasteiger partial charge on any atom is -0.493 e. The van der Waals surface area contributed by atoms with Crippen LogP contribution in [-0.4, -0.2) is 25.0 Å². The largest absolute Gasteiger partial charge is 0.493 e. The first kappa shape index (κ1) is 19.5. The van der Waals surface area contributed by atoms with Crippen LogP contribution in [0.3, 0.4) is 0 Å². The summed E-state index contributed by atoms with van der Waals surface area (Å²) in [6, 6.07) is 13.6. The molecule has 2 aromatic rings. The summed E-state index contributed by atoms with van der Waals surface area (Å²) in [6.45, 7) is 6.29. The number of anilines is 1. The van der Waals surface area contributed by atoms with Crippen molar-refractivity contribution in [1.82, 2.24) is 5.32 Å². The Kier molecular flexibility index (Phi) is 7.21. The Labute approximate surface area is 154 Å². The fourth-order valence-electron chi connectivity index (χ4n) is 2.60. The highest BCUT2D eigenvalue weighted by Crippen LogP contribution is 2.19. The van der Waals surface area contributed by atoms with Gasteiger partial charge in [-0.05, 0) is 49.9 Å². The lowest BCUT2D eigenvalue weighted by Gasteiger charge is -2.12. The first-order valence-corrected chi connectivity index (χ1v) is 8.78. The van der Waals surface area contributed by atoms with Crippen molar-refractivity contribution in [1.29, 1.82) is 0 Å². The van der Waals surface area contributed by atoms with Crippen LogP contribution in [-0.2, 0) is 9.59 Å². The summed E-state index contributed by atoms with van der Waals surface area (Å²) in [4.78, 5) is 23.9. The molecule has 0 fully saturated rings. The average molecular weight is 354 g/mol. The zero-order chi connectivity index (χ0) is 18.9. The van der Waals surface area contributed by atoms with Crippen LogP contribution < -0.4 is 15.4 Å². The second kappa shape index (κ2) is 9.61. The van der Waals surface area contributed by atoms with Gasteiger partial charge in [-0.2, -0.15) is 0 Å². The second-order valence-corrected chi connectivity index (χ2v) is 6.31. The summed E-state index contributed by atoms with van der Waals surface area (Å²) in [7, 11) is 0. The lowest BCUT2D eigenvalue weighted by Crippen LogP contribution is -2.33. The van der Waals surface area contributed by atoms with Crippen LogP contribution in [0.4, 0.5) is 5.69 Å². The molecule has 0 spiro atoms. The molecular weight excluding hydrogens is 328 g/mol. The van der Waals surface area contributed by atoms with Gasteiger partial charge in [0, 0.05) is 12.1 Å². The standard InChI is InChI=1S/C21H26N2O3/c1-15-8-4-5-11-18(15)26-13-7-12-19(24)22-14-20(25)23-21-16(2)9-6-10-17(21)3/h4-6,8-11H,7,12-14H2,1-3H3,(H,22,24)(H,23,25). The normalized spacial score (nSPS) is 10.3. The number of hydrogen-bond acceptors (Lipinski definition) is 3. The fourth-order valence-corrected chi connectivity index (χ4v) is 2.60. The molecule has 0 atom stereocenters. The monoisotopic (exact) mass is 354 g/mol. The quantitative estimate of drug-likeness (QED) is 0.713. The van der Waals surface area contributed by atoms with E-state index in [-0.39, 0.29) is 18.4 Å². The Morgan fingerprint density at radius 3 is 2.23 bits per heavy atom. The van der Waals surface area contributed by atoms with Gasteiger partial charge in [0.25, 0.3) is 0 Å². The van der Waals surface area contributed by atoms with Gasteiger partial charge in [0.2, 0.25) is 11.8 Å². The Balaban J connectivity index is 1.67. The molecule has 0 heterocycles. The van der Waals surface area contributed by atoms with Gasteiger partial charge >= 0.3 is 0 Å². The van der Waals surface area contributed by atoms with Gasteiger partial charge < -0.3 is 15.4 Å². The molecule has 0 aliphatic rings.